The summed E-state index contributed by atoms with van der Waals surface area (Å²) in [5.74, 6) is -1.02. The smallest absolute Gasteiger partial charge is 0.397 e. The molecule has 1 aliphatic rings. The van der Waals surface area contributed by atoms with Gasteiger partial charge in [0.05, 0.1) is 12.7 Å². The number of likely N-dealkylation sites (N-methyl/N-ethyl adjacent to an activating group) is 1. The first-order chi connectivity index (χ1) is 24.1. The van der Waals surface area contributed by atoms with E-state index in [1.165, 1.54) is 18.9 Å². The van der Waals surface area contributed by atoms with Crippen LogP contribution in [0.25, 0.3) is 0 Å². The number of ether oxygens (including phenoxy) is 1. The van der Waals surface area contributed by atoms with Gasteiger partial charge in [0.15, 0.2) is 11.6 Å². The van der Waals surface area contributed by atoms with E-state index >= 15 is 0 Å². The number of likely N-dealkylation sites (tertiary alicyclic amines) is 1. The van der Waals surface area contributed by atoms with Crippen molar-refractivity contribution in [3.8, 4) is 5.75 Å². The average Bonchev–Trinajstić information content (AvgIpc) is 3.09. The molecule has 0 radical (unpaired) electrons. The third kappa shape index (κ3) is 15.1. The zero-order valence-electron chi connectivity index (χ0n) is 33.2. The average molecular weight is 721 g/mol. The minimum atomic E-state index is -3.20. The molecule has 1 fully saturated rings. The van der Waals surface area contributed by atoms with Crippen molar-refractivity contribution in [3.05, 3.63) is 83.5 Å². The van der Waals surface area contributed by atoms with E-state index in [2.05, 4.69) is 69.2 Å². The number of anilines is 1. The summed E-state index contributed by atoms with van der Waals surface area (Å²) in [6.07, 6.45) is 9.06. The van der Waals surface area contributed by atoms with Gasteiger partial charge in [-0.2, -0.15) is 8.78 Å². The molecule has 0 spiro atoms. The fourth-order valence-corrected chi connectivity index (χ4v) is 5.53. The molecule has 0 saturated carbocycles. The first kappa shape index (κ1) is 47.7. The molecule has 9 heteroatoms. The van der Waals surface area contributed by atoms with Gasteiger partial charge in [-0.05, 0) is 81.4 Å². The van der Waals surface area contributed by atoms with Crippen LogP contribution in [0.5, 0.6) is 5.75 Å². The number of nitrogens with zero attached hydrogens (tertiary/aromatic N) is 2. The van der Waals surface area contributed by atoms with Crippen molar-refractivity contribution in [2.24, 2.45) is 17.8 Å². The number of carbonyl (C=O) groups is 1. The van der Waals surface area contributed by atoms with Crippen molar-refractivity contribution in [2.45, 2.75) is 120 Å². The highest BCUT2D eigenvalue weighted by atomic mass is 19.3. The molecule has 51 heavy (non-hydrogen) atoms. The monoisotopic (exact) mass is 721 g/mol. The summed E-state index contributed by atoms with van der Waals surface area (Å²) in [5, 5.41) is 19.7. The van der Waals surface area contributed by atoms with Gasteiger partial charge in [0.25, 0.3) is 0 Å². The number of aliphatic hydroxyl groups is 2. The van der Waals surface area contributed by atoms with Crippen molar-refractivity contribution < 1.29 is 32.9 Å². The predicted molar refractivity (Wildman–Crippen MR) is 208 cm³/mol. The lowest BCUT2D eigenvalue weighted by Gasteiger charge is -2.45. The van der Waals surface area contributed by atoms with Gasteiger partial charge in [-0.25, -0.2) is 4.39 Å². The van der Waals surface area contributed by atoms with Crippen LogP contribution in [-0.2, 0) is 4.79 Å². The van der Waals surface area contributed by atoms with Crippen LogP contribution < -0.4 is 9.64 Å². The number of Topliss-reactive ketones (excluding diaryl/α,β-unsaturated/α-hetero) is 1. The normalized spacial score (nSPS) is 15.6. The standard InChI is InChI=1S/C32H48F2N2O3.C7H11FO.C3H8/c1-8-14-27(23(10-3)11-4)31(29(15-9-2)36-20-24(21-36)30(38)22-37)28(12-5)35(7)25-16-18-26(19-17-25)39-32(33,34)13-6;1-4-5(2)7(9)6(3)8;1-3-2/h9,12,14-19,23-24,30,37-38H,8,10-11,13,20-22H2,1-7H3;5H,3-4H2,1-2H3;3H2,1-2H3/b15-9-,27-14+,28-12-,31-29+;;. The number of carbonyl (C=O) groups excluding carboxylic acids is 1. The number of allylic oxidation sites excluding steroid dienone is 6. The van der Waals surface area contributed by atoms with Gasteiger partial charge >= 0.3 is 6.11 Å². The van der Waals surface area contributed by atoms with Gasteiger partial charge in [-0.15, -0.1) is 0 Å². The molecule has 1 aromatic rings. The van der Waals surface area contributed by atoms with E-state index in [0.717, 1.165) is 41.9 Å². The molecule has 0 bridgehead atoms. The maximum Gasteiger partial charge on any atom is 0.397 e. The maximum atomic E-state index is 13.8. The fraction of sp³-hybridized carbons (Fsp3) is 0.595. The van der Waals surface area contributed by atoms with Gasteiger partial charge in [-0.1, -0.05) is 86.6 Å². The van der Waals surface area contributed by atoms with Gasteiger partial charge in [-0.3, -0.25) is 4.79 Å². The van der Waals surface area contributed by atoms with E-state index < -0.39 is 30.2 Å². The second-order valence-corrected chi connectivity index (χ2v) is 12.9. The number of rotatable bonds is 18. The Hall–Kier alpha value is -3.30. The number of hydrogen-bond donors (Lipinski definition) is 2. The van der Waals surface area contributed by atoms with Gasteiger partial charge < -0.3 is 24.7 Å². The molecule has 290 valence electrons. The summed E-state index contributed by atoms with van der Waals surface area (Å²) in [7, 11) is 1.99. The molecule has 2 N–H and O–H groups in total. The van der Waals surface area contributed by atoms with Crippen LogP contribution in [0.3, 0.4) is 0 Å². The van der Waals surface area contributed by atoms with Crippen molar-refractivity contribution in [1.29, 1.82) is 0 Å². The van der Waals surface area contributed by atoms with Crippen molar-refractivity contribution >= 4 is 11.5 Å². The lowest BCUT2D eigenvalue weighted by atomic mass is 9.83. The number of hydrogen-bond acceptors (Lipinski definition) is 6. The summed E-state index contributed by atoms with van der Waals surface area (Å²) in [5.41, 5.74) is 5.35. The molecule has 0 aromatic heterocycles. The molecular formula is C42H67F3N2O4. The SMILES string of the molecule is C=C(F)C(=O)C(C)CC.CCC.C\C=C/C(=C(C(=C\C)\N(C)c1ccc(OC(F)(F)CC)cc1)/C(=C/CC)C(CC)CC)N1CC(C(O)CO)C1. The van der Waals surface area contributed by atoms with E-state index in [1.54, 1.807) is 31.2 Å². The van der Waals surface area contributed by atoms with Gasteiger partial charge in [0.2, 0.25) is 0 Å². The minimum absolute atomic E-state index is 0.0174. The highest BCUT2D eigenvalue weighted by Crippen LogP contribution is 2.39. The Bertz CT molecular complexity index is 1290. The van der Waals surface area contributed by atoms with Crippen molar-refractivity contribution in [3.63, 3.8) is 0 Å². The Balaban J connectivity index is 0.00000178. The van der Waals surface area contributed by atoms with Crippen LogP contribution >= 0.6 is 0 Å². The Morgan fingerprint density at radius 1 is 1.06 bits per heavy atom. The van der Waals surface area contributed by atoms with Crippen LogP contribution in [0.4, 0.5) is 18.9 Å². The highest BCUT2D eigenvalue weighted by Gasteiger charge is 2.35. The number of ketones is 1. The van der Waals surface area contributed by atoms with Crippen LogP contribution in [0.15, 0.2) is 83.5 Å². The molecular weight excluding hydrogens is 653 g/mol. The number of alkyl halides is 2. The lowest BCUT2D eigenvalue weighted by molar-refractivity contribution is -0.177. The highest BCUT2D eigenvalue weighted by molar-refractivity contribution is 5.94. The van der Waals surface area contributed by atoms with Crippen molar-refractivity contribution in [1.82, 2.24) is 4.90 Å². The van der Waals surface area contributed by atoms with Gasteiger partial charge in [0.1, 0.15) is 5.75 Å². The Morgan fingerprint density at radius 2 is 1.61 bits per heavy atom. The molecule has 2 unspecified atom stereocenters. The molecule has 1 aliphatic heterocycles. The Kier molecular flexibility index (Phi) is 23.2. The zero-order chi connectivity index (χ0) is 39.3. The third-order valence-electron chi connectivity index (χ3n) is 8.82. The Labute approximate surface area is 307 Å². The Morgan fingerprint density at radius 3 is 1.98 bits per heavy atom. The molecule has 1 saturated heterocycles. The van der Waals surface area contributed by atoms with Crippen molar-refractivity contribution in [2.75, 3.05) is 31.6 Å². The molecule has 6 nitrogen and oxygen atoms in total. The van der Waals surface area contributed by atoms with E-state index in [4.69, 9.17) is 4.74 Å². The molecule has 2 rings (SSSR count). The van der Waals surface area contributed by atoms with Crippen LogP contribution in [-0.4, -0.2) is 59.9 Å². The summed E-state index contributed by atoms with van der Waals surface area (Å²) < 4.78 is 44.4. The first-order valence-corrected chi connectivity index (χ1v) is 18.7. The number of aliphatic hydroxyl groups excluding tert-OH is 2. The third-order valence-corrected chi connectivity index (χ3v) is 8.82. The van der Waals surface area contributed by atoms with E-state index in [9.17, 15) is 28.2 Å². The maximum absolute atomic E-state index is 13.8. The van der Waals surface area contributed by atoms with E-state index in [0.29, 0.717) is 25.4 Å². The second-order valence-electron chi connectivity index (χ2n) is 12.9. The summed E-state index contributed by atoms with van der Waals surface area (Å²) in [4.78, 5) is 15.0. The quantitative estimate of drug-likeness (QED) is 0.116. The molecule has 2 atom stereocenters. The molecule has 1 aromatic carbocycles. The van der Waals surface area contributed by atoms with Gasteiger partial charge in [0, 0.05) is 61.0 Å². The first-order valence-electron chi connectivity index (χ1n) is 18.7. The molecule has 1 heterocycles. The molecule has 0 amide bonds. The predicted octanol–water partition coefficient (Wildman–Crippen LogP) is 10.8. The van der Waals surface area contributed by atoms with Crippen LogP contribution in [0, 0.1) is 17.8 Å². The van der Waals surface area contributed by atoms with Crippen LogP contribution in [0.1, 0.15) is 108 Å². The number of halogens is 3. The van der Waals surface area contributed by atoms with Crippen LogP contribution in [0.2, 0.25) is 0 Å². The topological polar surface area (TPSA) is 73.2 Å². The lowest BCUT2D eigenvalue weighted by Crippen LogP contribution is -2.52. The summed E-state index contributed by atoms with van der Waals surface area (Å²) in [6.45, 7) is 23.7. The molecule has 0 aliphatic carbocycles. The fourth-order valence-electron chi connectivity index (χ4n) is 5.53. The largest absolute Gasteiger partial charge is 0.433 e. The summed E-state index contributed by atoms with van der Waals surface area (Å²) in [6, 6.07) is 6.77. The van der Waals surface area contributed by atoms with E-state index in [1.807, 2.05) is 33.9 Å². The zero-order valence-corrected chi connectivity index (χ0v) is 33.2. The second kappa shape index (κ2) is 24.8. The number of benzene rings is 1. The summed E-state index contributed by atoms with van der Waals surface area (Å²) >= 11 is 0. The van der Waals surface area contributed by atoms with E-state index in [-0.39, 0.29) is 24.2 Å². The minimum Gasteiger partial charge on any atom is -0.433 e.